The number of hydrogen-bond acceptors (Lipinski definition) is 3. The first kappa shape index (κ1) is 20.2. The standard InChI is InChI=1S/C21H24Cl2N2O2/c22-17-8-9-19(23)18(14-17)21(26)24-10-4-5-11-25-12-13-27-20(15-25)16-6-2-1-3-7-16/h1-3,6-9,14,20H,4-5,10-13,15H2,(H,24,26). The second-order valence-electron chi connectivity index (χ2n) is 6.66. The highest BCUT2D eigenvalue weighted by Gasteiger charge is 2.21. The van der Waals surface area contributed by atoms with E-state index in [1.807, 2.05) is 18.2 Å². The number of nitrogens with one attached hydrogen (secondary N) is 1. The molecule has 1 atom stereocenters. The van der Waals surface area contributed by atoms with E-state index in [1.54, 1.807) is 18.2 Å². The Hall–Kier alpha value is -1.59. The van der Waals surface area contributed by atoms with Crippen LogP contribution in [0.1, 0.15) is 34.9 Å². The Bertz CT molecular complexity index is 755. The Labute approximate surface area is 170 Å². The van der Waals surface area contributed by atoms with Gasteiger partial charge in [0.05, 0.1) is 23.3 Å². The van der Waals surface area contributed by atoms with E-state index in [0.717, 1.165) is 39.1 Å². The topological polar surface area (TPSA) is 41.6 Å². The summed E-state index contributed by atoms with van der Waals surface area (Å²) in [5, 5.41) is 3.83. The molecule has 1 saturated heterocycles. The van der Waals surface area contributed by atoms with Crippen molar-refractivity contribution in [2.24, 2.45) is 0 Å². The Morgan fingerprint density at radius 1 is 1.15 bits per heavy atom. The maximum Gasteiger partial charge on any atom is 0.252 e. The van der Waals surface area contributed by atoms with Crippen molar-refractivity contribution in [3.63, 3.8) is 0 Å². The van der Waals surface area contributed by atoms with Crippen LogP contribution in [0.3, 0.4) is 0 Å². The molecule has 4 nitrogen and oxygen atoms in total. The molecule has 2 aromatic carbocycles. The smallest absolute Gasteiger partial charge is 0.252 e. The third-order valence-corrected chi connectivity index (χ3v) is 5.25. The predicted molar refractivity (Wildman–Crippen MR) is 110 cm³/mol. The molecule has 0 aromatic heterocycles. The van der Waals surface area contributed by atoms with Gasteiger partial charge in [-0.3, -0.25) is 9.69 Å². The molecule has 1 N–H and O–H groups in total. The molecule has 3 rings (SSSR count). The second kappa shape index (κ2) is 10.1. The van der Waals surface area contributed by atoms with Crippen molar-refractivity contribution in [3.05, 3.63) is 69.7 Å². The lowest BCUT2D eigenvalue weighted by Crippen LogP contribution is -2.39. The lowest BCUT2D eigenvalue weighted by molar-refractivity contribution is -0.0303. The molecule has 2 aromatic rings. The minimum atomic E-state index is -0.182. The lowest BCUT2D eigenvalue weighted by Gasteiger charge is -2.33. The van der Waals surface area contributed by atoms with Gasteiger partial charge in [0.1, 0.15) is 0 Å². The van der Waals surface area contributed by atoms with Crippen molar-refractivity contribution in [3.8, 4) is 0 Å². The van der Waals surface area contributed by atoms with Gasteiger partial charge in [0, 0.05) is 24.7 Å². The number of carbonyl (C=O) groups excluding carboxylic acids is 1. The van der Waals surface area contributed by atoms with Crippen LogP contribution in [-0.4, -0.2) is 43.6 Å². The van der Waals surface area contributed by atoms with Crippen molar-refractivity contribution in [2.75, 3.05) is 32.8 Å². The molecule has 6 heteroatoms. The van der Waals surface area contributed by atoms with Gasteiger partial charge >= 0.3 is 0 Å². The van der Waals surface area contributed by atoms with E-state index in [-0.39, 0.29) is 12.0 Å². The number of amides is 1. The first-order valence-electron chi connectivity index (χ1n) is 9.25. The quantitative estimate of drug-likeness (QED) is 0.684. The van der Waals surface area contributed by atoms with E-state index < -0.39 is 0 Å². The zero-order valence-electron chi connectivity index (χ0n) is 15.2. The summed E-state index contributed by atoms with van der Waals surface area (Å²) < 4.78 is 5.90. The van der Waals surface area contributed by atoms with Crippen molar-refractivity contribution >= 4 is 29.1 Å². The van der Waals surface area contributed by atoms with E-state index in [9.17, 15) is 4.79 Å². The summed E-state index contributed by atoms with van der Waals surface area (Å²) in [5.74, 6) is -0.182. The summed E-state index contributed by atoms with van der Waals surface area (Å²) in [6.07, 6.45) is 2.08. The molecule has 0 aliphatic carbocycles. The average Bonchev–Trinajstić information content (AvgIpc) is 2.70. The van der Waals surface area contributed by atoms with Crippen LogP contribution in [0.4, 0.5) is 0 Å². The molecule has 1 aliphatic rings. The fraction of sp³-hybridized carbons (Fsp3) is 0.381. The number of unbranched alkanes of at least 4 members (excludes halogenated alkanes) is 1. The van der Waals surface area contributed by atoms with Gasteiger partial charge in [0.2, 0.25) is 0 Å². The fourth-order valence-electron chi connectivity index (χ4n) is 3.20. The summed E-state index contributed by atoms with van der Waals surface area (Å²) >= 11 is 12.0. The highest BCUT2D eigenvalue weighted by Crippen LogP contribution is 2.22. The molecule has 1 amide bonds. The van der Waals surface area contributed by atoms with E-state index in [1.165, 1.54) is 5.56 Å². The SMILES string of the molecule is O=C(NCCCCN1CCOC(c2ccccc2)C1)c1cc(Cl)ccc1Cl. The van der Waals surface area contributed by atoms with Crippen LogP contribution in [0.15, 0.2) is 48.5 Å². The Balaban J connectivity index is 1.37. The van der Waals surface area contributed by atoms with Crippen molar-refractivity contribution < 1.29 is 9.53 Å². The molecule has 1 unspecified atom stereocenters. The van der Waals surface area contributed by atoms with Crippen molar-refractivity contribution in [1.29, 1.82) is 0 Å². The minimum absolute atomic E-state index is 0.143. The first-order chi connectivity index (χ1) is 13.1. The Morgan fingerprint density at radius 2 is 1.96 bits per heavy atom. The second-order valence-corrected chi connectivity index (χ2v) is 7.50. The number of nitrogens with zero attached hydrogens (tertiary/aromatic N) is 1. The highest BCUT2D eigenvalue weighted by molar-refractivity contribution is 6.35. The first-order valence-corrected chi connectivity index (χ1v) is 10.0. The van der Waals surface area contributed by atoms with E-state index in [2.05, 4.69) is 22.3 Å². The summed E-state index contributed by atoms with van der Waals surface area (Å²) in [6.45, 7) is 4.24. The predicted octanol–water partition coefficient (Wildman–Crippen LogP) is 4.58. The van der Waals surface area contributed by atoms with Crippen LogP contribution in [0.2, 0.25) is 10.0 Å². The van der Waals surface area contributed by atoms with Crippen LogP contribution in [0, 0.1) is 0 Å². The third kappa shape index (κ3) is 5.94. The third-order valence-electron chi connectivity index (χ3n) is 4.68. The van der Waals surface area contributed by atoms with Crippen LogP contribution in [0.5, 0.6) is 0 Å². The maximum absolute atomic E-state index is 12.2. The normalized spacial score (nSPS) is 17.6. The molecule has 144 valence electrons. The molecule has 1 heterocycles. The maximum atomic E-state index is 12.2. The van der Waals surface area contributed by atoms with Gasteiger partial charge in [-0.25, -0.2) is 0 Å². The van der Waals surface area contributed by atoms with Crippen molar-refractivity contribution in [2.45, 2.75) is 18.9 Å². The zero-order chi connectivity index (χ0) is 19.1. The molecule has 0 saturated carbocycles. The van der Waals surface area contributed by atoms with Gasteiger partial charge in [-0.2, -0.15) is 0 Å². The van der Waals surface area contributed by atoms with Crippen LogP contribution >= 0.6 is 23.2 Å². The number of carbonyl (C=O) groups is 1. The Kier molecular flexibility index (Phi) is 7.53. The molecule has 27 heavy (non-hydrogen) atoms. The summed E-state index contributed by atoms with van der Waals surface area (Å²) in [7, 11) is 0. The van der Waals surface area contributed by atoms with Gasteiger partial charge in [-0.1, -0.05) is 53.5 Å². The molecule has 0 spiro atoms. The molecular formula is C21H24Cl2N2O2. The molecule has 1 fully saturated rings. The van der Waals surface area contributed by atoms with Gasteiger partial charge in [-0.15, -0.1) is 0 Å². The highest BCUT2D eigenvalue weighted by atomic mass is 35.5. The zero-order valence-corrected chi connectivity index (χ0v) is 16.7. The van der Waals surface area contributed by atoms with E-state index >= 15 is 0 Å². The van der Waals surface area contributed by atoms with Crippen LogP contribution in [0.25, 0.3) is 0 Å². The average molecular weight is 407 g/mol. The molecule has 1 aliphatic heterocycles. The number of ether oxygens (including phenoxy) is 1. The van der Waals surface area contributed by atoms with Crippen LogP contribution in [-0.2, 0) is 4.74 Å². The van der Waals surface area contributed by atoms with Gasteiger partial charge in [0.15, 0.2) is 0 Å². The molecular weight excluding hydrogens is 383 g/mol. The fourth-order valence-corrected chi connectivity index (χ4v) is 3.58. The summed E-state index contributed by atoms with van der Waals surface area (Å²) in [6, 6.07) is 15.3. The van der Waals surface area contributed by atoms with E-state index in [0.29, 0.717) is 22.2 Å². The van der Waals surface area contributed by atoms with Crippen molar-refractivity contribution in [1.82, 2.24) is 10.2 Å². The van der Waals surface area contributed by atoms with Gasteiger partial charge in [-0.05, 0) is 43.1 Å². The Morgan fingerprint density at radius 3 is 2.78 bits per heavy atom. The summed E-state index contributed by atoms with van der Waals surface area (Å²) in [4.78, 5) is 14.6. The minimum Gasteiger partial charge on any atom is -0.371 e. The largest absolute Gasteiger partial charge is 0.371 e. The van der Waals surface area contributed by atoms with Crippen LogP contribution < -0.4 is 5.32 Å². The number of benzene rings is 2. The summed E-state index contributed by atoms with van der Waals surface area (Å²) in [5.41, 5.74) is 1.65. The number of rotatable bonds is 7. The monoisotopic (exact) mass is 406 g/mol. The number of halogens is 2. The van der Waals surface area contributed by atoms with Gasteiger partial charge in [0.25, 0.3) is 5.91 Å². The van der Waals surface area contributed by atoms with Gasteiger partial charge < -0.3 is 10.1 Å². The van der Waals surface area contributed by atoms with E-state index in [4.69, 9.17) is 27.9 Å². The number of hydrogen-bond donors (Lipinski definition) is 1. The molecule has 0 bridgehead atoms. The lowest BCUT2D eigenvalue weighted by atomic mass is 10.1. The number of morpholine rings is 1. The molecule has 0 radical (unpaired) electrons.